The van der Waals surface area contributed by atoms with E-state index in [2.05, 4.69) is 32.0 Å². The summed E-state index contributed by atoms with van der Waals surface area (Å²) in [6.07, 6.45) is 8.46. The van der Waals surface area contributed by atoms with Crippen molar-refractivity contribution in [3.63, 3.8) is 0 Å². The monoisotopic (exact) mass is 497 g/mol. The van der Waals surface area contributed by atoms with E-state index >= 15 is 0 Å². The Labute approximate surface area is 217 Å². The fourth-order valence-electron chi connectivity index (χ4n) is 3.66. The fraction of sp³-hybridized carbons (Fsp3) is 0.552. The van der Waals surface area contributed by atoms with Crippen molar-refractivity contribution in [1.29, 1.82) is 0 Å². The molecule has 3 aromatic rings. The average Bonchev–Trinajstić information content (AvgIpc) is 3.35. The molecule has 36 heavy (non-hydrogen) atoms. The highest BCUT2D eigenvalue weighted by atomic mass is 16.5. The Bertz CT molecular complexity index is 1030. The standard InChI is InChI=1S/C23H29N3O2.C4H12N2.C2H6/c1-4-18(27)9-7-5-6-8-10-23-24-15-21(26-23)19-13-17-12-11-16(2)25-20(17)14-22(19)28-3;1-6(2)4-3-5;1-2/h11-15H,4-10H2,1-3H3,(H,24,26);3-5H2,1-2H3;1-2H3. The molecular formula is C29H47N5O2. The molecule has 0 saturated carbocycles. The van der Waals surface area contributed by atoms with Crippen molar-refractivity contribution in [3.8, 4) is 17.0 Å². The number of ketones is 1. The molecule has 3 N–H and O–H groups in total. The molecule has 7 heteroatoms. The lowest BCUT2D eigenvalue weighted by atomic mass is 10.1. The molecule has 200 valence electrons. The third-order valence-corrected chi connectivity index (χ3v) is 5.66. The summed E-state index contributed by atoms with van der Waals surface area (Å²) in [5.41, 5.74) is 9.07. The van der Waals surface area contributed by atoms with Crippen molar-refractivity contribution in [2.45, 2.75) is 72.6 Å². The Kier molecular flexibility index (Phi) is 15.3. The minimum atomic E-state index is 0.366. The number of fused-ring (bicyclic) bond motifs is 1. The summed E-state index contributed by atoms with van der Waals surface area (Å²) in [5.74, 6) is 2.15. The highest BCUT2D eigenvalue weighted by Crippen LogP contribution is 2.33. The number of ether oxygens (including phenoxy) is 1. The van der Waals surface area contributed by atoms with Gasteiger partial charge in [0.05, 0.1) is 24.5 Å². The van der Waals surface area contributed by atoms with Gasteiger partial charge in [0, 0.05) is 55.1 Å². The second kappa shape index (κ2) is 17.6. The highest BCUT2D eigenvalue weighted by Gasteiger charge is 2.12. The number of nitrogens with zero attached hydrogens (tertiary/aromatic N) is 3. The van der Waals surface area contributed by atoms with Crippen molar-refractivity contribution in [2.24, 2.45) is 5.73 Å². The van der Waals surface area contributed by atoms with Crippen LogP contribution < -0.4 is 10.5 Å². The van der Waals surface area contributed by atoms with Crippen molar-refractivity contribution < 1.29 is 9.53 Å². The first-order valence-electron chi connectivity index (χ1n) is 13.2. The van der Waals surface area contributed by atoms with Crippen LogP contribution in [-0.2, 0) is 11.2 Å². The molecule has 3 rings (SSSR count). The van der Waals surface area contributed by atoms with E-state index in [0.29, 0.717) is 12.2 Å². The number of unbranched alkanes of at least 4 members (excludes halogenated alkanes) is 3. The molecule has 2 heterocycles. The lowest BCUT2D eigenvalue weighted by Gasteiger charge is -2.09. The maximum Gasteiger partial charge on any atom is 0.132 e. The summed E-state index contributed by atoms with van der Waals surface area (Å²) in [6, 6.07) is 8.19. The SMILES string of the molecule is CC.CCC(=O)CCCCCCc1ncc(-c2cc3ccc(C)nc3cc2OC)[nH]1.CN(C)CCN. The third-order valence-electron chi connectivity index (χ3n) is 5.66. The number of carbonyl (C=O) groups excluding carboxylic acids is 1. The van der Waals surface area contributed by atoms with Crippen molar-refractivity contribution >= 4 is 16.7 Å². The maximum absolute atomic E-state index is 11.3. The van der Waals surface area contributed by atoms with Crippen LogP contribution >= 0.6 is 0 Å². The molecule has 0 unspecified atom stereocenters. The van der Waals surface area contributed by atoms with Gasteiger partial charge < -0.3 is 20.4 Å². The molecular weight excluding hydrogens is 450 g/mol. The molecule has 0 fully saturated rings. The number of Topliss-reactive ketones (excluding diaryl/α,β-unsaturated/α-hetero) is 1. The van der Waals surface area contributed by atoms with Crippen LogP contribution in [-0.4, -0.2) is 59.9 Å². The van der Waals surface area contributed by atoms with E-state index in [1.165, 1.54) is 0 Å². The number of imidazole rings is 1. The Balaban J connectivity index is 0.000000710. The molecule has 2 aromatic heterocycles. The molecule has 1 aromatic carbocycles. The third kappa shape index (κ3) is 10.9. The van der Waals surface area contributed by atoms with Crippen LogP contribution in [0, 0.1) is 6.92 Å². The van der Waals surface area contributed by atoms with E-state index in [0.717, 1.165) is 91.0 Å². The summed E-state index contributed by atoms with van der Waals surface area (Å²) in [6.45, 7) is 9.66. The van der Waals surface area contributed by atoms with Gasteiger partial charge in [0.15, 0.2) is 0 Å². The Morgan fingerprint density at radius 1 is 1.11 bits per heavy atom. The quantitative estimate of drug-likeness (QED) is 0.300. The maximum atomic E-state index is 11.3. The van der Waals surface area contributed by atoms with Gasteiger partial charge >= 0.3 is 0 Å². The van der Waals surface area contributed by atoms with E-state index in [9.17, 15) is 4.79 Å². The van der Waals surface area contributed by atoms with Crippen molar-refractivity contribution in [1.82, 2.24) is 19.9 Å². The highest BCUT2D eigenvalue weighted by molar-refractivity contribution is 5.87. The number of aromatic amines is 1. The van der Waals surface area contributed by atoms with Gasteiger partial charge in [-0.1, -0.05) is 39.7 Å². The molecule has 0 spiro atoms. The molecule has 0 aliphatic rings. The lowest BCUT2D eigenvalue weighted by Crippen LogP contribution is -2.20. The number of hydrogen-bond acceptors (Lipinski definition) is 6. The zero-order valence-corrected chi connectivity index (χ0v) is 23.5. The number of H-pyrrole nitrogens is 1. The van der Waals surface area contributed by atoms with Gasteiger partial charge in [-0.25, -0.2) is 4.98 Å². The zero-order chi connectivity index (χ0) is 26.9. The smallest absolute Gasteiger partial charge is 0.132 e. The molecule has 7 nitrogen and oxygen atoms in total. The van der Waals surface area contributed by atoms with Gasteiger partial charge in [0.2, 0.25) is 0 Å². The van der Waals surface area contributed by atoms with Crippen LogP contribution in [0.1, 0.15) is 70.8 Å². The van der Waals surface area contributed by atoms with Gasteiger partial charge in [-0.3, -0.25) is 9.78 Å². The predicted octanol–water partition coefficient (Wildman–Crippen LogP) is 5.95. The Morgan fingerprint density at radius 3 is 2.44 bits per heavy atom. The van der Waals surface area contributed by atoms with Gasteiger partial charge in [-0.05, 0) is 46.0 Å². The van der Waals surface area contributed by atoms with E-state index in [1.807, 2.05) is 60.1 Å². The van der Waals surface area contributed by atoms with Crippen LogP contribution in [0.5, 0.6) is 5.75 Å². The van der Waals surface area contributed by atoms with Gasteiger partial charge in [-0.15, -0.1) is 0 Å². The Hall–Kier alpha value is -2.77. The first kappa shape index (κ1) is 31.3. The normalized spacial score (nSPS) is 10.5. The minimum Gasteiger partial charge on any atom is -0.496 e. The van der Waals surface area contributed by atoms with Crippen LogP contribution in [0.25, 0.3) is 22.2 Å². The number of methoxy groups -OCH3 is 1. The predicted molar refractivity (Wildman–Crippen MR) is 152 cm³/mol. The summed E-state index contributed by atoms with van der Waals surface area (Å²) < 4.78 is 5.60. The molecule has 0 amide bonds. The second-order valence-corrected chi connectivity index (χ2v) is 8.84. The number of pyridine rings is 1. The topological polar surface area (TPSA) is 97.1 Å². The van der Waals surface area contributed by atoms with Crippen LogP contribution in [0.15, 0.2) is 30.5 Å². The van der Waals surface area contributed by atoms with E-state index in [1.54, 1.807) is 7.11 Å². The van der Waals surface area contributed by atoms with E-state index in [-0.39, 0.29) is 0 Å². The number of nitrogens with two attached hydrogens (primary N) is 1. The number of benzene rings is 1. The molecule has 0 bridgehead atoms. The molecule has 0 radical (unpaired) electrons. The number of aromatic nitrogens is 3. The zero-order valence-electron chi connectivity index (χ0n) is 23.5. The summed E-state index contributed by atoms with van der Waals surface area (Å²) in [7, 11) is 5.70. The van der Waals surface area contributed by atoms with Gasteiger partial charge in [0.1, 0.15) is 17.4 Å². The van der Waals surface area contributed by atoms with Crippen LogP contribution in [0.4, 0.5) is 0 Å². The largest absolute Gasteiger partial charge is 0.496 e. The number of rotatable bonds is 12. The molecule has 0 atom stereocenters. The number of likely N-dealkylation sites (N-methyl/N-ethyl adjacent to an activating group) is 1. The van der Waals surface area contributed by atoms with E-state index in [4.69, 9.17) is 10.5 Å². The lowest BCUT2D eigenvalue weighted by molar-refractivity contribution is -0.118. The summed E-state index contributed by atoms with van der Waals surface area (Å²) in [4.78, 5) is 25.9. The molecule has 0 aliphatic carbocycles. The van der Waals surface area contributed by atoms with Crippen molar-refractivity contribution in [2.75, 3.05) is 34.3 Å². The minimum absolute atomic E-state index is 0.366. The average molecular weight is 498 g/mol. The Morgan fingerprint density at radius 2 is 1.83 bits per heavy atom. The van der Waals surface area contributed by atoms with Gasteiger partial charge in [-0.2, -0.15) is 0 Å². The molecule has 0 saturated heterocycles. The number of nitrogens with one attached hydrogen (secondary N) is 1. The van der Waals surface area contributed by atoms with E-state index < -0.39 is 0 Å². The summed E-state index contributed by atoms with van der Waals surface area (Å²) >= 11 is 0. The van der Waals surface area contributed by atoms with Gasteiger partial charge in [0.25, 0.3) is 0 Å². The first-order chi connectivity index (χ1) is 17.4. The fourth-order valence-corrected chi connectivity index (χ4v) is 3.66. The molecule has 0 aliphatic heterocycles. The summed E-state index contributed by atoms with van der Waals surface area (Å²) in [5, 5.41) is 1.08. The first-order valence-corrected chi connectivity index (χ1v) is 13.2. The number of hydrogen-bond donors (Lipinski definition) is 2. The van der Waals surface area contributed by atoms with Crippen LogP contribution in [0.2, 0.25) is 0 Å². The number of aryl methyl sites for hydroxylation is 2. The van der Waals surface area contributed by atoms with Crippen molar-refractivity contribution in [3.05, 3.63) is 42.0 Å². The van der Waals surface area contributed by atoms with Crippen LogP contribution in [0.3, 0.4) is 0 Å². The second-order valence-electron chi connectivity index (χ2n) is 8.84. The number of carbonyl (C=O) groups is 1.